The zero-order valence-corrected chi connectivity index (χ0v) is 11.3. The van der Waals surface area contributed by atoms with Gasteiger partial charge < -0.3 is 15.2 Å². The number of rotatable bonds is 1. The molecule has 0 fully saturated rings. The average Bonchev–Trinajstić information content (AvgIpc) is 2.75. The second-order valence-corrected chi connectivity index (χ2v) is 5.31. The lowest BCUT2D eigenvalue weighted by atomic mass is 10.2. The molecule has 0 saturated heterocycles. The number of nitrogen functional groups attached to an aromatic ring is 1. The first-order valence-electron chi connectivity index (χ1n) is 5.41. The van der Waals surface area contributed by atoms with Crippen LogP contribution in [0, 0.1) is 3.57 Å². The van der Waals surface area contributed by atoms with Gasteiger partial charge in [0.2, 0.25) is 0 Å². The molecule has 0 radical (unpaired) electrons. The van der Waals surface area contributed by atoms with Crippen molar-refractivity contribution < 1.29 is 0 Å². The number of hydrogen-bond acceptors (Lipinski definition) is 4. The number of anilines is 2. The summed E-state index contributed by atoms with van der Waals surface area (Å²) in [6.45, 7) is 2.62. The normalized spacial score (nSPS) is 14.8. The molecule has 1 aliphatic rings. The van der Waals surface area contributed by atoms with Crippen LogP contribution in [0.15, 0.2) is 24.5 Å². The van der Waals surface area contributed by atoms with Gasteiger partial charge in [-0.05, 0) is 40.8 Å². The van der Waals surface area contributed by atoms with Crippen LogP contribution in [0.25, 0.3) is 0 Å². The molecule has 0 aliphatic carbocycles. The molecule has 2 heterocycles. The second kappa shape index (κ2) is 4.17. The van der Waals surface area contributed by atoms with Crippen molar-refractivity contribution in [3.8, 4) is 0 Å². The summed E-state index contributed by atoms with van der Waals surface area (Å²) in [6.07, 6.45) is 1.78. The smallest absolute Gasteiger partial charge is 0.152 e. The van der Waals surface area contributed by atoms with E-state index < -0.39 is 0 Å². The molecule has 1 aliphatic heterocycles. The Kier molecular flexibility index (Phi) is 2.65. The minimum absolute atomic E-state index is 0.769. The number of fused-ring (bicyclic) bond motifs is 1. The fraction of sp³-hybridized carbons (Fsp3) is 0.273. The molecule has 0 spiro atoms. The van der Waals surface area contributed by atoms with Crippen LogP contribution in [-0.2, 0) is 13.1 Å². The number of halogens is 1. The number of nitrogens with two attached hydrogens (primary N) is 1. The SMILES string of the molecule is Nc1cc(I)ccc1N1CCn2cnnc2C1. The van der Waals surface area contributed by atoms with E-state index in [-0.39, 0.29) is 0 Å². The maximum absolute atomic E-state index is 6.06. The first-order valence-corrected chi connectivity index (χ1v) is 6.48. The van der Waals surface area contributed by atoms with Crippen molar-refractivity contribution in [3.63, 3.8) is 0 Å². The number of aromatic nitrogens is 3. The highest BCUT2D eigenvalue weighted by Gasteiger charge is 2.19. The van der Waals surface area contributed by atoms with Gasteiger partial charge in [0.05, 0.1) is 17.9 Å². The fourth-order valence-corrected chi connectivity index (χ4v) is 2.60. The first kappa shape index (κ1) is 10.8. The van der Waals surface area contributed by atoms with Crippen LogP contribution in [0.5, 0.6) is 0 Å². The Hall–Kier alpha value is -1.31. The van der Waals surface area contributed by atoms with E-state index in [1.807, 2.05) is 6.07 Å². The third-order valence-electron chi connectivity index (χ3n) is 2.97. The first-order chi connectivity index (χ1) is 8.24. The standard InChI is InChI=1S/C11H12IN5/c12-8-1-2-10(9(13)5-8)16-3-4-17-7-14-15-11(17)6-16/h1-2,5,7H,3-4,6,13H2. The van der Waals surface area contributed by atoms with Gasteiger partial charge in [-0.15, -0.1) is 10.2 Å². The summed E-state index contributed by atoms with van der Waals surface area (Å²) in [5, 5.41) is 8.03. The van der Waals surface area contributed by atoms with Gasteiger partial charge in [0.25, 0.3) is 0 Å². The van der Waals surface area contributed by atoms with E-state index in [1.165, 1.54) is 0 Å². The molecular formula is C11H12IN5. The Morgan fingerprint density at radius 3 is 3.00 bits per heavy atom. The largest absolute Gasteiger partial charge is 0.397 e. The number of benzene rings is 1. The minimum atomic E-state index is 0.769. The van der Waals surface area contributed by atoms with E-state index in [1.54, 1.807) is 6.33 Å². The molecule has 88 valence electrons. The maximum Gasteiger partial charge on any atom is 0.152 e. The van der Waals surface area contributed by atoms with Crippen LogP contribution in [0.2, 0.25) is 0 Å². The molecule has 3 rings (SSSR count). The Morgan fingerprint density at radius 1 is 1.29 bits per heavy atom. The predicted molar refractivity (Wildman–Crippen MR) is 74.6 cm³/mol. The van der Waals surface area contributed by atoms with E-state index in [4.69, 9.17) is 5.73 Å². The van der Waals surface area contributed by atoms with Crippen molar-refractivity contribution in [2.45, 2.75) is 13.1 Å². The third kappa shape index (κ3) is 1.97. The number of nitrogens with zero attached hydrogens (tertiary/aromatic N) is 4. The molecule has 5 nitrogen and oxygen atoms in total. The molecule has 17 heavy (non-hydrogen) atoms. The van der Waals surface area contributed by atoms with E-state index in [0.717, 1.165) is 40.4 Å². The van der Waals surface area contributed by atoms with Gasteiger partial charge in [-0.25, -0.2) is 0 Å². The predicted octanol–water partition coefficient (Wildman–Crippen LogP) is 1.49. The lowest BCUT2D eigenvalue weighted by Gasteiger charge is -2.29. The topological polar surface area (TPSA) is 60.0 Å². The zero-order chi connectivity index (χ0) is 11.8. The highest BCUT2D eigenvalue weighted by molar-refractivity contribution is 14.1. The summed E-state index contributed by atoms with van der Waals surface area (Å²) < 4.78 is 3.24. The zero-order valence-electron chi connectivity index (χ0n) is 9.17. The number of hydrogen-bond donors (Lipinski definition) is 1. The van der Waals surface area contributed by atoms with Crippen LogP contribution < -0.4 is 10.6 Å². The minimum Gasteiger partial charge on any atom is -0.397 e. The lowest BCUT2D eigenvalue weighted by molar-refractivity contribution is 0.560. The quantitative estimate of drug-likeness (QED) is 0.631. The Morgan fingerprint density at radius 2 is 2.18 bits per heavy atom. The van der Waals surface area contributed by atoms with Gasteiger partial charge in [-0.1, -0.05) is 0 Å². The van der Waals surface area contributed by atoms with Crippen molar-refractivity contribution in [1.82, 2.24) is 14.8 Å². The van der Waals surface area contributed by atoms with Gasteiger partial charge in [0.1, 0.15) is 6.33 Å². The molecule has 6 heteroatoms. The van der Waals surface area contributed by atoms with E-state index in [0.29, 0.717) is 0 Å². The monoisotopic (exact) mass is 341 g/mol. The van der Waals surface area contributed by atoms with Gasteiger partial charge in [-0.3, -0.25) is 0 Å². The van der Waals surface area contributed by atoms with Crippen LogP contribution in [-0.4, -0.2) is 21.3 Å². The van der Waals surface area contributed by atoms with Crippen molar-refractivity contribution in [2.75, 3.05) is 17.2 Å². The van der Waals surface area contributed by atoms with Crippen molar-refractivity contribution in [1.29, 1.82) is 0 Å². The average molecular weight is 341 g/mol. The summed E-state index contributed by atoms with van der Waals surface area (Å²) in [5.41, 5.74) is 7.97. The van der Waals surface area contributed by atoms with Crippen molar-refractivity contribution >= 4 is 34.0 Å². The summed E-state index contributed by atoms with van der Waals surface area (Å²) >= 11 is 2.27. The van der Waals surface area contributed by atoms with Gasteiger partial charge in [0.15, 0.2) is 5.82 Å². The van der Waals surface area contributed by atoms with E-state index >= 15 is 0 Å². The van der Waals surface area contributed by atoms with Gasteiger partial charge in [0, 0.05) is 16.7 Å². The summed E-state index contributed by atoms with van der Waals surface area (Å²) in [6, 6.07) is 6.14. The second-order valence-electron chi connectivity index (χ2n) is 4.07. The summed E-state index contributed by atoms with van der Waals surface area (Å²) in [7, 11) is 0. The summed E-state index contributed by atoms with van der Waals surface area (Å²) in [5.74, 6) is 0.995. The van der Waals surface area contributed by atoms with Crippen LogP contribution in [0.1, 0.15) is 5.82 Å². The molecule has 0 atom stereocenters. The molecule has 2 aromatic rings. The maximum atomic E-state index is 6.06. The molecule has 2 N–H and O–H groups in total. The molecule has 0 saturated carbocycles. The van der Waals surface area contributed by atoms with Crippen LogP contribution in [0.3, 0.4) is 0 Å². The fourth-order valence-electron chi connectivity index (χ4n) is 2.09. The molecular weight excluding hydrogens is 329 g/mol. The Bertz CT molecular complexity index is 551. The van der Waals surface area contributed by atoms with Crippen LogP contribution >= 0.6 is 22.6 Å². The van der Waals surface area contributed by atoms with Crippen LogP contribution in [0.4, 0.5) is 11.4 Å². The molecule has 0 bridgehead atoms. The molecule has 1 aromatic carbocycles. The van der Waals surface area contributed by atoms with E-state index in [2.05, 4.69) is 54.4 Å². The lowest BCUT2D eigenvalue weighted by Crippen LogP contribution is -2.34. The molecule has 0 unspecified atom stereocenters. The molecule has 0 amide bonds. The summed E-state index contributed by atoms with van der Waals surface area (Å²) in [4.78, 5) is 2.25. The van der Waals surface area contributed by atoms with E-state index in [9.17, 15) is 0 Å². The van der Waals surface area contributed by atoms with Gasteiger partial charge >= 0.3 is 0 Å². The molecule has 1 aromatic heterocycles. The van der Waals surface area contributed by atoms with Crippen molar-refractivity contribution in [3.05, 3.63) is 33.9 Å². The Labute approximate surface area is 113 Å². The van der Waals surface area contributed by atoms with Crippen molar-refractivity contribution in [2.24, 2.45) is 0 Å². The highest BCUT2D eigenvalue weighted by Crippen LogP contribution is 2.27. The highest BCUT2D eigenvalue weighted by atomic mass is 127. The van der Waals surface area contributed by atoms with Gasteiger partial charge in [-0.2, -0.15) is 0 Å². The Balaban J connectivity index is 1.91. The third-order valence-corrected chi connectivity index (χ3v) is 3.64.